The Morgan fingerprint density at radius 2 is 2.20 bits per heavy atom. The summed E-state index contributed by atoms with van der Waals surface area (Å²) in [4.78, 5) is 11.1. The fourth-order valence-corrected chi connectivity index (χ4v) is 3.12. The maximum atomic E-state index is 12.1. The number of carbonyl (C=O) groups is 1. The number of hydrogen-bond acceptors (Lipinski definition) is 4. The average Bonchev–Trinajstić information content (AvgIpc) is 2.74. The quantitative estimate of drug-likeness (QED) is 0.744. The normalized spacial score (nSPS) is 13.3. The highest BCUT2D eigenvalue weighted by molar-refractivity contribution is 7.89. The third-order valence-electron chi connectivity index (χ3n) is 2.64. The summed E-state index contributed by atoms with van der Waals surface area (Å²) >= 11 is 0. The smallest absolute Gasteiger partial charge is 0.352 e. The highest BCUT2D eigenvalue weighted by atomic mass is 32.2. The fourth-order valence-electron chi connectivity index (χ4n) is 1.85. The molecule has 0 saturated carbocycles. The van der Waals surface area contributed by atoms with E-state index in [1.165, 1.54) is 23.9 Å². The molecule has 20 heavy (non-hydrogen) atoms. The minimum absolute atomic E-state index is 0.0355. The molecular formula is C12H20N2O5S. The second kappa shape index (κ2) is 6.87. The zero-order valence-corrected chi connectivity index (χ0v) is 12.6. The molecule has 0 bridgehead atoms. The van der Waals surface area contributed by atoms with Crippen LogP contribution < -0.4 is 4.72 Å². The molecule has 0 spiro atoms. The van der Waals surface area contributed by atoms with Gasteiger partial charge in [0.1, 0.15) is 10.6 Å². The van der Waals surface area contributed by atoms with E-state index in [0.717, 1.165) is 0 Å². The molecule has 1 rings (SSSR count). The van der Waals surface area contributed by atoms with Gasteiger partial charge in [0, 0.05) is 25.9 Å². The van der Waals surface area contributed by atoms with Gasteiger partial charge in [-0.1, -0.05) is 6.92 Å². The maximum Gasteiger partial charge on any atom is 0.352 e. The van der Waals surface area contributed by atoms with Gasteiger partial charge >= 0.3 is 5.97 Å². The molecule has 1 heterocycles. The van der Waals surface area contributed by atoms with Crippen LogP contribution in [0, 0.1) is 0 Å². The number of aryl methyl sites for hydroxylation is 1. The number of nitrogens with one attached hydrogen (secondary N) is 1. The first-order chi connectivity index (χ1) is 9.31. The van der Waals surface area contributed by atoms with Crippen molar-refractivity contribution in [3.05, 3.63) is 18.0 Å². The van der Waals surface area contributed by atoms with Crippen LogP contribution in [0.3, 0.4) is 0 Å². The number of ether oxygens (including phenoxy) is 1. The number of nitrogens with zero attached hydrogens (tertiary/aromatic N) is 1. The van der Waals surface area contributed by atoms with Gasteiger partial charge in [0.05, 0.1) is 6.61 Å². The molecule has 0 amide bonds. The standard InChI is InChI=1S/C12H20N2O5S/c1-4-5-14-7-10(6-11(14)12(15)16)20(17,18)13-9(2)8-19-3/h6-7,9,13H,4-5,8H2,1-3H3,(H,15,16). The van der Waals surface area contributed by atoms with Crippen LogP contribution in [0.5, 0.6) is 0 Å². The Kier molecular flexibility index (Phi) is 5.73. The molecule has 7 nitrogen and oxygen atoms in total. The maximum absolute atomic E-state index is 12.1. The number of rotatable bonds is 8. The summed E-state index contributed by atoms with van der Waals surface area (Å²) in [5.74, 6) is -1.15. The van der Waals surface area contributed by atoms with Gasteiger partial charge in [-0.25, -0.2) is 17.9 Å². The Hall–Kier alpha value is -1.38. The van der Waals surface area contributed by atoms with Gasteiger partial charge in [0.2, 0.25) is 10.0 Å². The lowest BCUT2D eigenvalue weighted by atomic mass is 10.4. The monoisotopic (exact) mass is 304 g/mol. The highest BCUT2D eigenvalue weighted by Crippen LogP contribution is 2.15. The first kappa shape index (κ1) is 16.7. The fraction of sp³-hybridized carbons (Fsp3) is 0.583. The summed E-state index contributed by atoms with van der Waals surface area (Å²) in [6.07, 6.45) is 2.05. The third kappa shape index (κ3) is 4.06. The van der Waals surface area contributed by atoms with Crippen LogP contribution in [0.25, 0.3) is 0 Å². The predicted octanol–water partition coefficient (Wildman–Crippen LogP) is 0.909. The lowest BCUT2D eigenvalue weighted by Crippen LogP contribution is -2.35. The summed E-state index contributed by atoms with van der Waals surface area (Å²) in [7, 11) is -2.27. The van der Waals surface area contributed by atoms with Crippen molar-refractivity contribution in [3.63, 3.8) is 0 Å². The molecule has 8 heteroatoms. The number of carboxylic acids is 1. The SMILES string of the molecule is CCCn1cc(S(=O)(=O)NC(C)COC)cc1C(=O)O. The van der Waals surface area contributed by atoms with Crippen LogP contribution in [0.15, 0.2) is 17.2 Å². The number of hydrogen-bond donors (Lipinski definition) is 2. The Bertz CT molecular complexity index is 564. The molecule has 0 aliphatic carbocycles. The van der Waals surface area contributed by atoms with Gasteiger partial charge in [-0.15, -0.1) is 0 Å². The molecule has 1 aromatic rings. The Morgan fingerprint density at radius 3 is 2.70 bits per heavy atom. The van der Waals surface area contributed by atoms with Crippen LogP contribution in [-0.2, 0) is 21.3 Å². The van der Waals surface area contributed by atoms with Gasteiger partial charge in [0.25, 0.3) is 0 Å². The lowest BCUT2D eigenvalue weighted by molar-refractivity contribution is 0.0685. The first-order valence-electron chi connectivity index (χ1n) is 6.26. The van der Waals surface area contributed by atoms with Crippen LogP contribution in [-0.4, -0.2) is 43.8 Å². The molecule has 0 fully saturated rings. The Labute approximate surface area is 118 Å². The van der Waals surface area contributed by atoms with E-state index < -0.39 is 22.0 Å². The number of carboxylic acid groups (broad SMARTS) is 1. The second-order valence-corrected chi connectivity index (χ2v) is 6.25. The highest BCUT2D eigenvalue weighted by Gasteiger charge is 2.22. The molecule has 1 aromatic heterocycles. The molecule has 1 atom stereocenters. The van der Waals surface area contributed by atoms with Crippen molar-refractivity contribution < 1.29 is 23.1 Å². The van der Waals surface area contributed by atoms with Crippen molar-refractivity contribution in [2.75, 3.05) is 13.7 Å². The van der Waals surface area contributed by atoms with Crippen molar-refractivity contribution in [1.29, 1.82) is 0 Å². The van der Waals surface area contributed by atoms with Crippen molar-refractivity contribution >= 4 is 16.0 Å². The van der Waals surface area contributed by atoms with E-state index in [2.05, 4.69) is 4.72 Å². The van der Waals surface area contributed by atoms with Crippen molar-refractivity contribution in [2.45, 2.75) is 37.8 Å². The summed E-state index contributed by atoms with van der Waals surface area (Å²) in [5.41, 5.74) is -0.0355. The predicted molar refractivity (Wildman–Crippen MR) is 73.3 cm³/mol. The molecule has 0 aromatic carbocycles. The van der Waals surface area contributed by atoms with E-state index in [1.54, 1.807) is 6.92 Å². The second-order valence-electron chi connectivity index (χ2n) is 4.54. The average molecular weight is 304 g/mol. The zero-order chi connectivity index (χ0) is 15.3. The van der Waals surface area contributed by atoms with Gasteiger partial charge < -0.3 is 14.4 Å². The summed E-state index contributed by atoms with van der Waals surface area (Å²) in [6, 6.07) is 0.771. The number of aromatic carboxylic acids is 1. The molecule has 0 aliphatic heterocycles. The Morgan fingerprint density at radius 1 is 1.55 bits per heavy atom. The zero-order valence-electron chi connectivity index (χ0n) is 11.8. The lowest BCUT2D eigenvalue weighted by Gasteiger charge is -2.12. The number of methoxy groups -OCH3 is 1. The van der Waals surface area contributed by atoms with E-state index in [4.69, 9.17) is 9.84 Å². The van der Waals surface area contributed by atoms with Crippen molar-refractivity contribution in [2.24, 2.45) is 0 Å². The van der Waals surface area contributed by atoms with E-state index in [9.17, 15) is 13.2 Å². The van der Waals surface area contributed by atoms with Gasteiger partial charge in [-0.05, 0) is 19.4 Å². The Balaban J connectivity index is 3.06. The van der Waals surface area contributed by atoms with E-state index >= 15 is 0 Å². The summed E-state index contributed by atoms with van der Waals surface area (Å²) < 4.78 is 33.0. The molecule has 0 radical (unpaired) electrons. The largest absolute Gasteiger partial charge is 0.477 e. The molecule has 0 saturated heterocycles. The van der Waals surface area contributed by atoms with Gasteiger partial charge in [-0.3, -0.25) is 0 Å². The third-order valence-corrected chi connectivity index (χ3v) is 4.19. The van der Waals surface area contributed by atoms with Crippen LogP contribution in [0.2, 0.25) is 0 Å². The van der Waals surface area contributed by atoms with Gasteiger partial charge in [0.15, 0.2) is 0 Å². The molecule has 0 aliphatic rings. The summed E-state index contributed by atoms with van der Waals surface area (Å²) in [6.45, 7) is 4.24. The van der Waals surface area contributed by atoms with Crippen molar-refractivity contribution in [3.8, 4) is 0 Å². The minimum atomic E-state index is -3.75. The minimum Gasteiger partial charge on any atom is -0.477 e. The molecule has 114 valence electrons. The topological polar surface area (TPSA) is 97.6 Å². The van der Waals surface area contributed by atoms with E-state index in [-0.39, 0.29) is 17.2 Å². The van der Waals surface area contributed by atoms with Crippen molar-refractivity contribution in [1.82, 2.24) is 9.29 Å². The van der Waals surface area contributed by atoms with E-state index in [1.807, 2.05) is 6.92 Å². The number of sulfonamides is 1. The van der Waals surface area contributed by atoms with E-state index in [0.29, 0.717) is 13.0 Å². The van der Waals surface area contributed by atoms with Crippen LogP contribution in [0.1, 0.15) is 30.8 Å². The van der Waals surface area contributed by atoms with Gasteiger partial charge in [-0.2, -0.15) is 0 Å². The van der Waals surface area contributed by atoms with Crippen LogP contribution >= 0.6 is 0 Å². The molecular weight excluding hydrogens is 284 g/mol. The number of aromatic nitrogens is 1. The van der Waals surface area contributed by atoms with Crippen LogP contribution in [0.4, 0.5) is 0 Å². The summed E-state index contributed by atoms with van der Waals surface area (Å²) in [5, 5.41) is 9.08. The molecule has 2 N–H and O–H groups in total. The first-order valence-corrected chi connectivity index (χ1v) is 7.74. The molecule has 1 unspecified atom stereocenters.